The minimum Gasteiger partial charge on any atom is -0.465 e. The van der Waals surface area contributed by atoms with Crippen molar-refractivity contribution < 1.29 is 37.8 Å². The molecule has 4 aromatic rings. The van der Waals surface area contributed by atoms with E-state index < -0.39 is 31.3 Å². The van der Waals surface area contributed by atoms with Gasteiger partial charge in [0.05, 0.1) is 20.6 Å². The van der Waals surface area contributed by atoms with Gasteiger partial charge < -0.3 is 14.4 Å². The molecule has 15 heteroatoms. The Morgan fingerprint density at radius 3 is 1.60 bits per heavy atom. The Hall–Kier alpha value is -4.23. The molecule has 0 radical (unpaired) electrons. The predicted molar refractivity (Wildman–Crippen MR) is 120 cm³/mol. The Kier molecular flexibility index (Phi) is 6.80. The van der Waals surface area contributed by atoms with E-state index in [2.05, 4.69) is 9.97 Å². The molecule has 0 amide bonds. The van der Waals surface area contributed by atoms with E-state index in [1.165, 1.54) is 60.9 Å². The van der Waals surface area contributed by atoms with Crippen LogP contribution in [0.2, 0.25) is 0 Å². The summed E-state index contributed by atoms with van der Waals surface area (Å²) in [7, 11) is -4.64. The minimum absolute atomic E-state index is 0.0888. The standard InChI is InChI=1S/C20H15N4O10P/c25-23(26)15-5-7-17(19-13(15)3-1-9-21-19)31-11-33-35(29,30)34-12-32-18-8-6-16(24(27)28)14-4-2-10-22-20(14)18/h1-10H,11-12H2,(H,29,30). The van der Waals surface area contributed by atoms with Crippen LogP contribution in [0.3, 0.4) is 0 Å². The second-order valence-corrected chi connectivity index (χ2v) is 8.18. The maximum absolute atomic E-state index is 12.1. The van der Waals surface area contributed by atoms with Crippen LogP contribution in [0.4, 0.5) is 11.4 Å². The van der Waals surface area contributed by atoms with Gasteiger partial charge in [-0.15, -0.1) is 0 Å². The lowest BCUT2D eigenvalue weighted by atomic mass is 10.1. The second kappa shape index (κ2) is 9.95. The van der Waals surface area contributed by atoms with Crippen molar-refractivity contribution in [3.63, 3.8) is 0 Å². The summed E-state index contributed by atoms with van der Waals surface area (Å²) in [6.07, 6.45) is 2.82. The fourth-order valence-corrected chi connectivity index (χ4v) is 3.61. The van der Waals surface area contributed by atoms with Crippen LogP contribution in [0.5, 0.6) is 11.5 Å². The van der Waals surface area contributed by atoms with E-state index in [0.717, 1.165) is 0 Å². The lowest BCUT2D eigenvalue weighted by Crippen LogP contribution is -2.07. The molecule has 0 spiro atoms. The number of phosphoric acid groups is 1. The molecule has 2 aromatic heterocycles. The first-order valence-electron chi connectivity index (χ1n) is 9.68. The number of phosphoric ester groups is 1. The molecular weight excluding hydrogens is 487 g/mol. The van der Waals surface area contributed by atoms with Crippen molar-refractivity contribution in [1.82, 2.24) is 9.97 Å². The number of pyridine rings is 2. The molecule has 0 saturated heterocycles. The molecule has 4 rings (SSSR count). The first-order chi connectivity index (χ1) is 16.8. The summed E-state index contributed by atoms with van der Waals surface area (Å²) in [6, 6.07) is 11.0. The zero-order chi connectivity index (χ0) is 25.0. The highest BCUT2D eigenvalue weighted by Gasteiger charge is 2.23. The van der Waals surface area contributed by atoms with E-state index in [-0.39, 0.29) is 44.7 Å². The molecule has 0 unspecified atom stereocenters. The van der Waals surface area contributed by atoms with E-state index in [4.69, 9.17) is 18.5 Å². The third kappa shape index (κ3) is 5.31. The van der Waals surface area contributed by atoms with Crippen molar-refractivity contribution in [3.8, 4) is 11.5 Å². The van der Waals surface area contributed by atoms with E-state index in [1.807, 2.05) is 0 Å². The molecule has 0 aliphatic rings. The number of aromatic nitrogens is 2. The quantitative estimate of drug-likeness (QED) is 0.142. The Morgan fingerprint density at radius 2 is 1.20 bits per heavy atom. The summed E-state index contributed by atoms with van der Waals surface area (Å²) in [5.41, 5.74) is -0.0226. The molecule has 14 nitrogen and oxygen atoms in total. The summed E-state index contributed by atoms with van der Waals surface area (Å²) in [5.74, 6) is 0.178. The van der Waals surface area contributed by atoms with Gasteiger partial charge in [0.15, 0.2) is 13.6 Å². The highest BCUT2D eigenvalue weighted by molar-refractivity contribution is 7.47. The van der Waals surface area contributed by atoms with Crippen molar-refractivity contribution in [1.29, 1.82) is 0 Å². The smallest absolute Gasteiger partial charge is 0.465 e. The number of non-ortho nitro benzene ring substituents is 2. The summed E-state index contributed by atoms with van der Waals surface area (Å²) < 4.78 is 32.3. The van der Waals surface area contributed by atoms with E-state index in [9.17, 15) is 29.7 Å². The van der Waals surface area contributed by atoms with Crippen LogP contribution >= 0.6 is 7.82 Å². The van der Waals surface area contributed by atoms with E-state index in [0.29, 0.717) is 0 Å². The fraction of sp³-hybridized carbons (Fsp3) is 0.100. The van der Waals surface area contributed by atoms with Gasteiger partial charge in [0.1, 0.15) is 22.5 Å². The Balaban J connectivity index is 1.38. The van der Waals surface area contributed by atoms with Gasteiger partial charge in [0.25, 0.3) is 11.4 Å². The first-order valence-corrected chi connectivity index (χ1v) is 11.2. The third-order valence-corrected chi connectivity index (χ3v) is 5.54. The molecule has 0 aliphatic carbocycles. The average Bonchev–Trinajstić information content (AvgIpc) is 2.83. The molecular formula is C20H15N4O10P. The largest absolute Gasteiger partial charge is 0.478 e. The number of ether oxygens (including phenoxy) is 2. The predicted octanol–water partition coefficient (Wildman–Crippen LogP) is 4.11. The van der Waals surface area contributed by atoms with Crippen LogP contribution in [0.1, 0.15) is 0 Å². The molecule has 0 saturated carbocycles. The minimum atomic E-state index is -4.64. The number of hydrogen-bond donors (Lipinski definition) is 1. The monoisotopic (exact) mass is 502 g/mol. The van der Waals surface area contributed by atoms with Crippen LogP contribution in [0.15, 0.2) is 60.9 Å². The van der Waals surface area contributed by atoms with Crippen molar-refractivity contribution in [2.45, 2.75) is 0 Å². The summed E-state index contributed by atoms with van der Waals surface area (Å²) in [5, 5.41) is 22.8. The maximum atomic E-state index is 12.1. The molecule has 2 aromatic carbocycles. The lowest BCUT2D eigenvalue weighted by molar-refractivity contribution is -0.383. The van der Waals surface area contributed by atoms with Crippen molar-refractivity contribution in [2.24, 2.45) is 0 Å². The Morgan fingerprint density at radius 1 is 0.771 bits per heavy atom. The molecule has 2 heterocycles. The molecule has 180 valence electrons. The second-order valence-electron chi connectivity index (χ2n) is 6.73. The van der Waals surface area contributed by atoms with E-state index >= 15 is 0 Å². The number of rotatable bonds is 10. The van der Waals surface area contributed by atoms with E-state index in [1.54, 1.807) is 0 Å². The van der Waals surface area contributed by atoms with Gasteiger partial charge in [-0.25, -0.2) is 13.6 Å². The number of fused-ring (bicyclic) bond motifs is 2. The molecule has 1 N–H and O–H groups in total. The van der Waals surface area contributed by atoms with Gasteiger partial charge in [0.2, 0.25) is 0 Å². The van der Waals surface area contributed by atoms with Crippen LogP contribution in [-0.2, 0) is 13.6 Å². The van der Waals surface area contributed by atoms with Gasteiger partial charge >= 0.3 is 7.82 Å². The number of nitro benzene ring substituents is 2. The van der Waals surface area contributed by atoms with Crippen molar-refractivity contribution in [2.75, 3.05) is 13.6 Å². The first kappa shape index (κ1) is 23.9. The Labute approximate surface area is 195 Å². The average molecular weight is 502 g/mol. The van der Waals surface area contributed by atoms with Crippen molar-refractivity contribution >= 4 is 41.0 Å². The third-order valence-electron chi connectivity index (χ3n) is 4.67. The van der Waals surface area contributed by atoms with Crippen LogP contribution in [-0.4, -0.2) is 38.3 Å². The molecule has 0 aliphatic heterocycles. The van der Waals surface area contributed by atoms with Gasteiger partial charge in [-0.3, -0.25) is 30.2 Å². The van der Waals surface area contributed by atoms with Gasteiger partial charge in [0, 0.05) is 24.5 Å². The summed E-state index contributed by atoms with van der Waals surface area (Å²) in [4.78, 5) is 39.2. The van der Waals surface area contributed by atoms with Crippen LogP contribution < -0.4 is 9.47 Å². The van der Waals surface area contributed by atoms with Crippen molar-refractivity contribution in [3.05, 3.63) is 81.2 Å². The SMILES string of the molecule is O=[N+]([O-])c1ccc(OCOP(=O)(O)OCOc2ccc([N+](=O)[O-])c3cccnc23)c2ncccc12. The van der Waals surface area contributed by atoms with Crippen LogP contribution in [0, 0.1) is 20.2 Å². The fourth-order valence-electron chi connectivity index (χ4n) is 3.16. The van der Waals surface area contributed by atoms with Gasteiger partial charge in [-0.1, -0.05) is 0 Å². The molecule has 0 bridgehead atoms. The van der Waals surface area contributed by atoms with Gasteiger partial charge in [-0.05, 0) is 36.4 Å². The maximum Gasteiger partial charge on any atom is 0.478 e. The summed E-state index contributed by atoms with van der Waals surface area (Å²) in [6.45, 7) is -1.47. The molecule has 0 atom stereocenters. The highest BCUT2D eigenvalue weighted by atomic mass is 31.2. The number of hydrogen-bond acceptors (Lipinski definition) is 11. The zero-order valence-electron chi connectivity index (χ0n) is 17.5. The molecule has 0 fully saturated rings. The molecule has 35 heavy (non-hydrogen) atoms. The number of benzene rings is 2. The number of nitro groups is 2. The zero-order valence-corrected chi connectivity index (χ0v) is 18.4. The van der Waals surface area contributed by atoms with Gasteiger partial charge in [-0.2, -0.15) is 0 Å². The number of nitrogens with zero attached hydrogens (tertiary/aromatic N) is 4. The van der Waals surface area contributed by atoms with Crippen LogP contribution in [0.25, 0.3) is 21.8 Å². The lowest BCUT2D eigenvalue weighted by Gasteiger charge is -2.14. The highest BCUT2D eigenvalue weighted by Crippen LogP contribution is 2.43. The topological polar surface area (TPSA) is 186 Å². The normalized spacial score (nSPS) is 11.5. The Bertz CT molecular complexity index is 1370. The summed E-state index contributed by atoms with van der Waals surface area (Å²) >= 11 is 0.